The van der Waals surface area contributed by atoms with Crippen LogP contribution in [0.5, 0.6) is 11.5 Å². The molecule has 5 nitrogen and oxygen atoms in total. The SMILES string of the molecule is CCOc1cc(/C=C2/SC(=Nc3ccc(F)cc3)NC2=O)cc(I)c1OCc1ccccc1. The molecule has 1 aliphatic rings. The highest BCUT2D eigenvalue weighted by Gasteiger charge is 2.24. The first-order chi connectivity index (χ1) is 16.0. The summed E-state index contributed by atoms with van der Waals surface area (Å²) < 4.78 is 25.9. The molecule has 1 N–H and O–H groups in total. The molecule has 1 aliphatic heterocycles. The summed E-state index contributed by atoms with van der Waals surface area (Å²) in [6, 6.07) is 19.5. The molecule has 0 radical (unpaired) electrons. The molecular formula is C25H20FIN2O3S. The van der Waals surface area contributed by atoms with E-state index in [0.29, 0.717) is 40.5 Å². The van der Waals surface area contributed by atoms with Gasteiger partial charge in [-0.15, -0.1) is 0 Å². The Morgan fingerprint density at radius 1 is 1.09 bits per heavy atom. The average molecular weight is 574 g/mol. The highest BCUT2D eigenvalue weighted by molar-refractivity contribution is 14.1. The molecule has 0 unspecified atom stereocenters. The standard InChI is InChI=1S/C25H20FIN2O3S/c1-2-31-21-13-17(12-20(27)23(21)32-15-16-6-4-3-5-7-16)14-22-24(30)29-25(33-22)28-19-10-8-18(26)9-11-19/h3-14H,2,15H2,1H3,(H,28,29,30)/b22-14+. The Hall–Kier alpha value is -2.85. The number of thioether (sulfide) groups is 1. The van der Waals surface area contributed by atoms with E-state index in [1.807, 2.05) is 49.4 Å². The van der Waals surface area contributed by atoms with E-state index in [9.17, 15) is 9.18 Å². The Kier molecular flexibility index (Phi) is 7.66. The van der Waals surface area contributed by atoms with Crippen LogP contribution in [0.25, 0.3) is 6.08 Å². The molecule has 3 aromatic rings. The van der Waals surface area contributed by atoms with Gasteiger partial charge in [-0.05, 0) is 94.9 Å². The second-order valence-electron chi connectivity index (χ2n) is 7.00. The third-order valence-corrected chi connectivity index (χ3v) is 6.27. The van der Waals surface area contributed by atoms with Crippen molar-refractivity contribution in [3.63, 3.8) is 0 Å². The number of rotatable bonds is 7. The number of nitrogens with one attached hydrogen (secondary N) is 1. The van der Waals surface area contributed by atoms with E-state index in [0.717, 1.165) is 14.7 Å². The van der Waals surface area contributed by atoms with Crippen molar-refractivity contribution in [3.05, 3.63) is 92.1 Å². The van der Waals surface area contributed by atoms with Crippen molar-refractivity contribution >= 4 is 57.2 Å². The van der Waals surface area contributed by atoms with E-state index in [4.69, 9.17) is 9.47 Å². The first-order valence-corrected chi connectivity index (χ1v) is 12.1. The highest BCUT2D eigenvalue weighted by Crippen LogP contribution is 2.37. The van der Waals surface area contributed by atoms with Crippen LogP contribution in [0.1, 0.15) is 18.1 Å². The van der Waals surface area contributed by atoms with Gasteiger partial charge in [0.25, 0.3) is 5.91 Å². The van der Waals surface area contributed by atoms with Gasteiger partial charge in [-0.1, -0.05) is 30.3 Å². The van der Waals surface area contributed by atoms with Gasteiger partial charge in [0.15, 0.2) is 16.7 Å². The number of hydrogen-bond donors (Lipinski definition) is 1. The summed E-state index contributed by atoms with van der Waals surface area (Å²) >= 11 is 3.44. The maximum Gasteiger partial charge on any atom is 0.264 e. The Morgan fingerprint density at radius 2 is 1.85 bits per heavy atom. The molecule has 1 heterocycles. The minimum absolute atomic E-state index is 0.238. The molecule has 8 heteroatoms. The van der Waals surface area contributed by atoms with Crippen LogP contribution in [0.3, 0.4) is 0 Å². The van der Waals surface area contributed by atoms with Crippen LogP contribution >= 0.6 is 34.4 Å². The second kappa shape index (κ2) is 10.8. The number of carbonyl (C=O) groups excluding carboxylic acids is 1. The molecule has 33 heavy (non-hydrogen) atoms. The Labute approximate surface area is 209 Å². The molecule has 1 amide bonds. The smallest absolute Gasteiger partial charge is 0.264 e. The summed E-state index contributed by atoms with van der Waals surface area (Å²) in [6.07, 6.45) is 1.79. The maximum atomic E-state index is 13.1. The summed E-state index contributed by atoms with van der Waals surface area (Å²) in [7, 11) is 0. The molecular weight excluding hydrogens is 554 g/mol. The van der Waals surface area contributed by atoms with Crippen molar-refractivity contribution in [2.45, 2.75) is 13.5 Å². The summed E-state index contributed by atoms with van der Waals surface area (Å²) in [5, 5.41) is 3.19. The van der Waals surface area contributed by atoms with Crippen molar-refractivity contribution in [2.75, 3.05) is 6.61 Å². The van der Waals surface area contributed by atoms with E-state index in [1.54, 1.807) is 18.2 Å². The van der Waals surface area contributed by atoms with Crippen LogP contribution in [0.15, 0.2) is 76.6 Å². The first-order valence-electron chi connectivity index (χ1n) is 10.2. The number of benzene rings is 3. The topological polar surface area (TPSA) is 59.9 Å². The van der Waals surface area contributed by atoms with Gasteiger partial charge in [-0.25, -0.2) is 9.38 Å². The molecule has 0 saturated carbocycles. The van der Waals surface area contributed by atoms with Gasteiger partial charge >= 0.3 is 0 Å². The number of amidine groups is 1. The van der Waals surface area contributed by atoms with Crippen LogP contribution < -0.4 is 14.8 Å². The van der Waals surface area contributed by atoms with Crippen molar-refractivity contribution in [1.29, 1.82) is 0 Å². The fraction of sp³-hybridized carbons (Fsp3) is 0.120. The van der Waals surface area contributed by atoms with E-state index in [2.05, 4.69) is 32.9 Å². The lowest BCUT2D eigenvalue weighted by Crippen LogP contribution is -2.19. The van der Waals surface area contributed by atoms with E-state index in [-0.39, 0.29) is 11.7 Å². The van der Waals surface area contributed by atoms with Crippen LogP contribution in [-0.2, 0) is 11.4 Å². The number of aliphatic imine (C=N–C) groups is 1. The summed E-state index contributed by atoms with van der Waals surface area (Å²) in [4.78, 5) is 17.3. The van der Waals surface area contributed by atoms with Gasteiger partial charge in [0, 0.05) is 0 Å². The molecule has 168 valence electrons. The molecule has 0 aromatic heterocycles. The Morgan fingerprint density at radius 3 is 2.58 bits per heavy atom. The van der Waals surface area contributed by atoms with Gasteiger partial charge in [-0.3, -0.25) is 4.79 Å². The number of ether oxygens (including phenoxy) is 2. The highest BCUT2D eigenvalue weighted by atomic mass is 127. The van der Waals surface area contributed by atoms with Crippen molar-refractivity contribution < 1.29 is 18.7 Å². The maximum absolute atomic E-state index is 13.1. The lowest BCUT2D eigenvalue weighted by Gasteiger charge is -2.15. The monoisotopic (exact) mass is 574 g/mol. The van der Waals surface area contributed by atoms with Crippen LogP contribution in [0.4, 0.5) is 10.1 Å². The fourth-order valence-electron chi connectivity index (χ4n) is 3.07. The zero-order valence-electron chi connectivity index (χ0n) is 17.7. The lowest BCUT2D eigenvalue weighted by molar-refractivity contribution is -0.115. The average Bonchev–Trinajstić information content (AvgIpc) is 3.14. The molecule has 0 bridgehead atoms. The normalized spacial score (nSPS) is 15.7. The van der Waals surface area contributed by atoms with E-state index < -0.39 is 0 Å². The van der Waals surface area contributed by atoms with Crippen molar-refractivity contribution in [3.8, 4) is 11.5 Å². The molecule has 3 aromatic carbocycles. The predicted molar refractivity (Wildman–Crippen MR) is 138 cm³/mol. The second-order valence-corrected chi connectivity index (χ2v) is 9.19. The largest absolute Gasteiger partial charge is 0.490 e. The van der Waals surface area contributed by atoms with E-state index >= 15 is 0 Å². The first kappa shape index (κ1) is 23.3. The summed E-state index contributed by atoms with van der Waals surface area (Å²) in [6.45, 7) is 2.83. The predicted octanol–water partition coefficient (Wildman–Crippen LogP) is 6.30. The van der Waals surface area contributed by atoms with Crippen molar-refractivity contribution in [1.82, 2.24) is 5.32 Å². The van der Waals surface area contributed by atoms with Gasteiger partial charge in [0.05, 0.1) is 20.8 Å². The quantitative estimate of drug-likeness (QED) is 0.266. The molecule has 0 aliphatic carbocycles. The van der Waals surface area contributed by atoms with Crippen LogP contribution in [0.2, 0.25) is 0 Å². The Bertz CT molecular complexity index is 1210. The lowest BCUT2D eigenvalue weighted by atomic mass is 10.2. The molecule has 1 saturated heterocycles. The van der Waals surface area contributed by atoms with E-state index in [1.165, 1.54) is 23.9 Å². The Balaban J connectivity index is 1.55. The summed E-state index contributed by atoms with van der Waals surface area (Å²) in [5.74, 6) is 0.720. The van der Waals surface area contributed by atoms with Gasteiger partial charge in [-0.2, -0.15) is 0 Å². The third kappa shape index (κ3) is 6.14. The summed E-state index contributed by atoms with van der Waals surface area (Å²) in [5.41, 5.74) is 2.44. The minimum Gasteiger partial charge on any atom is -0.490 e. The van der Waals surface area contributed by atoms with Crippen LogP contribution in [-0.4, -0.2) is 17.7 Å². The number of halogens is 2. The number of hydrogen-bond acceptors (Lipinski definition) is 5. The third-order valence-electron chi connectivity index (χ3n) is 4.56. The number of amides is 1. The minimum atomic E-state index is -0.335. The zero-order valence-corrected chi connectivity index (χ0v) is 20.7. The zero-order chi connectivity index (χ0) is 23.2. The molecule has 0 atom stereocenters. The molecule has 0 spiro atoms. The number of carbonyl (C=O) groups is 1. The number of nitrogens with zero attached hydrogens (tertiary/aromatic N) is 1. The molecule has 4 rings (SSSR count). The van der Waals surface area contributed by atoms with Crippen molar-refractivity contribution in [2.24, 2.45) is 4.99 Å². The molecule has 1 fully saturated rings. The van der Waals surface area contributed by atoms with Gasteiger partial charge in [0.2, 0.25) is 0 Å². The van der Waals surface area contributed by atoms with Crippen LogP contribution in [0, 0.1) is 9.39 Å². The van der Waals surface area contributed by atoms with Gasteiger partial charge < -0.3 is 14.8 Å². The fourth-order valence-corrected chi connectivity index (χ4v) is 4.69. The van der Waals surface area contributed by atoms with Gasteiger partial charge in [0.1, 0.15) is 12.4 Å².